The first-order valence-electron chi connectivity index (χ1n) is 11.6. The number of halogens is 3. The predicted molar refractivity (Wildman–Crippen MR) is 116 cm³/mol. The minimum Gasteiger partial charge on any atom is -0.473 e. The number of amides is 4. The van der Waals surface area contributed by atoms with Crippen LogP contribution in [0.3, 0.4) is 0 Å². The van der Waals surface area contributed by atoms with Crippen LogP contribution in [0.1, 0.15) is 44.6 Å². The van der Waals surface area contributed by atoms with E-state index in [4.69, 9.17) is 10.5 Å². The summed E-state index contributed by atoms with van der Waals surface area (Å²) in [5.41, 5.74) is 6.70. The standard InChI is InChI=1S/C23H26F3N5O4/c1-12(23(24,25)26)6-16-20(33)31(21(34)28-16)13-8-22(9-13)10-14(11-22)35-19-15(7-18(27)32)17-4-2-3-5-30(17)29-19/h2-5,12-14,16H,6-11H2,1H3,(H2,27,32)(H,28,34)/t12?,13?,14?,16-,22?/m0/s1. The zero-order valence-corrected chi connectivity index (χ0v) is 19.0. The fourth-order valence-electron chi connectivity index (χ4n) is 5.61. The van der Waals surface area contributed by atoms with Gasteiger partial charge in [0, 0.05) is 12.2 Å². The number of nitrogens with zero attached hydrogens (tertiary/aromatic N) is 3. The van der Waals surface area contributed by atoms with Crippen molar-refractivity contribution >= 4 is 23.4 Å². The van der Waals surface area contributed by atoms with Gasteiger partial charge in [-0.25, -0.2) is 9.31 Å². The number of hydrogen-bond acceptors (Lipinski definition) is 5. The molecule has 0 radical (unpaired) electrons. The maximum Gasteiger partial charge on any atom is 0.391 e. The van der Waals surface area contributed by atoms with E-state index >= 15 is 0 Å². The lowest BCUT2D eigenvalue weighted by molar-refractivity contribution is -0.173. The number of hydrogen-bond donors (Lipinski definition) is 2. The van der Waals surface area contributed by atoms with E-state index in [0.29, 0.717) is 37.1 Å². The molecular weight excluding hydrogens is 467 g/mol. The molecule has 1 aliphatic heterocycles. The van der Waals surface area contributed by atoms with E-state index in [0.717, 1.165) is 17.3 Å². The second kappa shape index (κ2) is 8.13. The lowest BCUT2D eigenvalue weighted by atomic mass is 9.52. The molecule has 35 heavy (non-hydrogen) atoms. The van der Waals surface area contributed by atoms with Gasteiger partial charge in [-0.3, -0.25) is 14.5 Å². The quantitative estimate of drug-likeness (QED) is 0.575. The molecule has 1 unspecified atom stereocenters. The van der Waals surface area contributed by atoms with Gasteiger partial charge in [0.15, 0.2) is 0 Å². The van der Waals surface area contributed by atoms with Gasteiger partial charge < -0.3 is 15.8 Å². The smallest absolute Gasteiger partial charge is 0.391 e. The number of ether oxygens (including phenoxy) is 1. The van der Waals surface area contributed by atoms with Crippen LogP contribution in [-0.2, 0) is 16.0 Å². The van der Waals surface area contributed by atoms with Crippen LogP contribution in [0.15, 0.2) is 24.4 Å². The normalized spacial score (nSPS) is 29.1. The highest BCUT2D eigenvalue weighted by molar-refractivity contribution is 6.04. The van der Waals surface area contributed by atoms with Gasteiger partial charge in [-0.2, -0.15) is 13.2 Å². The maximum absolute atomic E-state index is 12.9. The van der Waals surface area contributed by atoms with Crippen molar-refractivity contribution in [2.75, 3.05) is 0 Å². The van der Waals surface area contributed by atoms with Crippen molar-refractivity contribution in [3.63, 3.8) is 0 Å². The lowest BCUT2D eigenvalue weighted by Gasteiger charge is -2.58. The molecule has 2 aromatic rings. The van der Waals surface area contributed by atoms with E-state index in [2.05, 4.69) is 10.4 Å². The summed E-state index contributed by atoms with van der Waals surface area (Å²) in [6.45, 7) is 1.01. The van der Waals surface area contributed by atoms with Crippen molar-refractivity contribution in [3.05, 3.63) is 30.0 Å². The van der Waals surface area contributed by atoms with Crippen LogP contribution in [0.2, 0.25) is 0 Å². The zero-order valence-electron chi connectivity index (χ0n) is 19.0. The Labute approximate surface area is 198 Å². The number of carbonyl (C=O) groups is 3. The number of fused-ring (bicyclic) bond motifs is 1. The molecule has 2 saturated carbocycles. The van der Waals surface area contributed by atoms with Gasteiger partial charge in [0.2, 0.25) is 11.8 Å². The third-order valence-corrected chi connectivity index (χ3v) is 7.46. The van der Waals surface area contributed by atoms with Crippen LogP contribution in [0.4, 0.5) is 18.0 Å². The maximum atomic E-state index is 12.9. The summed E-state index contributed by atoms with van der Waals surface area (Å²) in [6, 6.07) is 3.39. The fraction of sp³-hybridized carbons (Fsp3) is 0.565. The van der Waals surface area contributed by atoms with Crippen LogP contribution >= 0.6 is 0 Å². The molecular formula is C23H26F3N5O4. The molecule has 188 valence electrons. The summed E-state index contributed by atoms with van der Waals surface area (Å²) in [5, 5.41) is 6.84. The highest BCUT2D eigenvalue weighted by Gasteiger charge is 2.59. The summed E-state index contributed by atoms with van der Waals surface area (Å²) in [7, 11) is 0. The molecule has 2 aromatic heterocycles. The van der Waals surface area contributed by atoms with Crippen LogP contribution in [0.5, 0.6) is 5.88 Å². The first kappa shape index (κ1) is 23.4. The first-order chi connectivity index (χ1) is 16.5. The molecule has 5 rings (SSSR count). The molecule has 0 aromatic carbocycles. The average Bonchev–Trinajstić information content (AvgIpc) is 3.18. The van der Waals surface area contributed by atoms with Crippen molar-refractivity contribution in [2.24, 2.45) is 17.1 Å². The molecule has 3 N–H and O–H groups in total. The third-order valence-electron chi connectivity index (χ3n) is 7.46. The Morgan fingerprint density at radius 3 is 2.66 bits per heavy atom. The summed E-state index contributed by atoms with van der Waals surface area (Å²) < 4.78 is 46.4. The Hall–Kier alpha value is -3.31. The number of nitrogens with two attached hydrogens (primary N) is 1. The molecule has 3 aliphatic rings. The van der Waals surface area contributed by atoms with Gasteiger partial charge in [-0.1, -0.05) is 13.0 Å². The van der Waals surface area contributed by atoms with E-state index in [9.17, 15) is 27.6 Å². The second-order valence-electron chi connectivity index (χ2n) is 10.1. The monoisotopic (exact) mass is 493 g/mol. The summed E-state index contributed by atoms with van der Waals surface area (Å²) in [4.78, 5) is 37.6. The summed E-state index contributed by atoms with van der Waals surface area (Å²) in [6.07, 6.45) is -0.675. The van der Waals surface area contributed by atoms with E-state index < -0.39 is 42.4 Å². The highest BCUT2D eigenvalue weighted by atomic mass is 19.4. The molecule has 12 heteroatoms. The number of urea groups is 1. The van der Waals surface area contributed by atoms with Crippen molar-refractivity contribution in [1.82, 2.24) is 19.8 Å². The van der Waals surface area contributed by atoms with Gasteiger partial charge in [-0.05, 0) is 49.7 Å². The molecule has 1 spiro atoms. The highest BCUT2D eigenvalue weighted by Crippen LogP contribution is 2.58. The molecule has 2 aliphatic carbocycles. The van der Waals surface area contributed by atoms with E-state index in [1.165, 1.54) is 0 Å². The van der Waals surface area contributed by atoms with Gasteiger partial charge >= 0.3 is 12.2 Å². The third kappa shape index (κ3) is 4.19. The zero-order chi connectivity index (χ0) is 25.1. The Bertz CT molecular complexity index is 1180. The van der Waals surface area contributed by atoms with Gasteiger partial charge in [0.25, 0.3) is 5.91 Å². The summed E-state index contributed by atoms with van der Waals surface area (Å²) in [5.74, 6) is -2.40. The van der Waals surface area contributed by atoms with Crippen molar-refractivity contribution in [1.29, 1.82) is 0 Å². The van der Waals surface area contributed by atoms with E-state index in [1.54, 1.807) is 10.7 Å². The number of rotatable bonds is 7. The Morgan fingerprint density at radius 1 is 1.29 bits per heavy atom. The molecule has 2 atom stereocenters. The number of imide groups is 1. The number of aromatic nitrogens is 2. The minimum atomic E-state index is -4.42. The van der Waals surface area contributed by atoms with E-state index in [-0.39, 0.29) is 24.0 Å². The van der Waals surface area contributed by atoms with Crippen LogP contribution < -0.4 is 15.8 Å². The van der Waals surface area contributed by atoms with Crippen molar-refractivity contribution in [3.8, 4) is 5.88 Å². The molecule has 0 bridgehead atoms. The van der Waals surface area contributed by atoms with E-state index in [1.807, 2.05) is 18.2 Å². The molecule has 3 heterocycles. The van der Waals surface area contributed by atoms with Crippen LogP contribution in [0, 0.1) is 11.3 Å². The number of nitrogens with one attached hydrogen (secondary N) is 1. The topological polar surface area (TPSA) is 119 Å². The number of carbonyl (C=O) groups excluding carboxylic acids is 3. The fourth-order valence-corrected chi connectivity index (χ4v) is 5.61. The second-order valence-corrected chi connectivity index (χ2v) is 10.1. The SMILES string of the molecule is CC(C[C@@H]1NC(=O)N(C2CC3(CC(Oc4nn5ccccc5c4CC(N)=O)C3)C2)C1=O)C(F)(F)F. The van der Waals surface area contributed by atoms with Crippen molar-refractivity contribution in [2.45, 2.75) is 69.8 Å². The molecule has 1 saturated heterocycles. The largest absolute Gasteiger partial charge is 0.473 e. The Morgan fingerprint density at radius 2 is 2.00 bits per heavy atom. The number of primary amides is 1. The molecule has 9 nitrogen and oxygen atoms in total. The van der Waals surface area contributed by atoms with Gasteiger partial charge in [0.05, 0.1) is 23.4 Å². The van der Waals surface area contributed by atoms with Crippen molar-refractivity contribution < 1.29 is 32.3 Å². The number of pyridine rings is 1. The Balaban J connectivity index is 1.18. The van der Waals surface area contributed by atoms with Crippen LogP contribution in [-0.4, -0.2) is 56.7 Å². The predicted octanol–water partition coefficient (Wildman–Crippen LogP) is 2.56. The van der Waals surface area contributed by atoms with Crippen LogP contribution in [0.25, 0.3) is 5.52 Å². The number of alkyl halides is 3. The molecule has 3 fully saturated rings. The Kier molecular flexibility index (Phi) is 5.44. The molecule has 4 amide bonds. The first-order valence-corrected chi connectivity index (χ1v) is 11.6. The minimum absolute atomic E-state index is 0.00306. The lowest BCUT2D eigenvalue weighted by Crippen LogP contribution is -2.60. The van der Waals surface area contributed by atoms with Gasteiger partial charge in [0.1, 0.15) is 12.1 Å². The van der Waals surface area contributed by atoms with Gasteiger partial charge in [-0.15, -0.1) is 5.10 Å². The average molecular weight is 493 g/mol. The summed E-state index contributed by atoms with van der Waals surface area (Å²) >= 11 is 0.